The Hall–Kier alpha value is -3.81. The first-order valence-electron chi connectivity index (χ1n) is 9.14. The fourth-order valence-corrected chi connectivity index (χ4v) is 2.63. The molecule has 0 radical (unpaired) electrons. The van der Waals surface area contributed by atoms with E-state index in [2.05, 4.69) is 25.9 Å². The number of amides is 2. The number of nitrogens with one attached hydrogen (secondary N) is 3. The van der Waals surface area contributed by atoms with Crippen molar-refractivity contribution in [2.75, 3.05) is 29.7 Å². The molecule has 3 N–H and O–H groups in total. The Morgan fingerprint density at radius 3 is 2.45 bits per heavy atom. The van der Waals surface area contributed by atoms with Crippen LogP contribution in [0.25, 0.3) is 0 Å². The Kier molecular flexibility index (Phi) is 6.47. The highest BCUT2D eigenvalue weighted by atomic mass is 16.5. The summed E-state index contributed by atoms with van der Waals surface area (Å²) >= 11 is 0. The molecule has 2 amide bonds. The van der Waals surface area contributed by atoms with Crippen LogP contribution in [0.5, 0.6) is 11.6 Å². The van der Waals surface area contributed by atoms with Crippen LogP contribution in [-0.4, -0.2) is 29.7 Å². The quantitative estimate of drug-likeness (QED) is 0.544. The van der Waals surface area contributed by atoms with Gasteiger partial charge in [0, 0.05) is 17.4 Å². The Morgan fingerprint density at radius 1 is 1.00 bits per heavy atom. The third kappa shape index (κ3) is 5.58. The van der Waals surface area contributed by atoms with Crippen LogP contribution in [0.1, 0.15) is 12.7 Å². The second kappa shape index (κ2) is 9.41. The summed E-state index contributed by atoms with van der Waals surface area (Å²) in [7, 11) is 1.56. The number of carbonyl (C=O) groups is 1. The van der Waals surface area contributed by atoms with Crippen molar-refractivity contribution in [3.8, 4) is 11.6 Å². The SMILES string of the molecule is CCOc1ccccc1NC(=O)Nc1ccc(Nc2cc(OC)nc(C)n2)cc1. The lowest BCUT2D eigenvalue weighted by molar-refractivity contribution is 0.262. The third-order valence-corrected chi connectivity index (χ3v) is 3.87. The summed E-state index contributed by atoms with van der Waals surface area (Å²) in [5.74, 6) is 2.34. The van der Waals surface area contributed by atoms with E-state index in [1.165, 1.54) is 0 Å². The Morgan fingerprint density at radius 2 is 1.72 bits per heavy atom. The number of aryl methyl sites for hydroxylation is 1. The van der Waals surface area contributed by atoms with Crippen molar-refractivity contribution in [3.05, 3.63) is 60.4 Å². The van der Waals surface area contributed by atoms with Crippen LogP contribution < -0.4 is 25.4 Å². The minimum Gasteiger partial charge on any atom is -0.492 e. The van der Waals surface area contributed by atoms with Gasteiger partial charge in [0.05, 0.1) is 19.4 Å². The molecule has 150 valence electrons. The van der Waals surface area contributed by atoms with E-state index in [0.29, 0.717) is 41.3 Å². The molecule has 3 aromatic rings. The highest BCUT2D eigenvalue weighted by molar-refractivity contribution is 6.00. The van der Waals surface area contributed by atoms with E-state index in [1.54, 1.807) is 38.3 Å². The molecule has 0 saturated heterocycles. The van der Waals surface area contributed by atoms with Crippen molar-refractivity contribution >= 4 is 28.9 Å². The number of anilines is 4. The normalized spacial score (nSPS) is 10.2. The van der Waals surface area contributed by atoms with E-state index >= 15 is 0 Å². The van der Waals surface area contributed by atoms with Gasteiger partial charge in [0.25, 0.3) is 0 Å². The molecule has 8 heteroatoms. The predicted molar refractivity (Wildman–Crippen MR) is 113 cm³/mol. The van der Waals surface area contributed by atoms with Crippen molar-refractivity contribution in [3.63, 3.8) is 0 Å². The van der Waals surface area contributed by atoms with Gasteiger partial charge in [0.1, 0.15) is 17.4 Å². The highest BCUT2D eigenvalue weighted by Crippen LogP contribution is 2.24. The number of para-hydroxylation sites is 2. The smallest absolute Gasteiger partial charge is 0.323 e. The van der Waals surface area contributed by atoms with Crippen molar-refractivity contribution < 1.29 is 14.3 Å². The molecule has 0 bridgehead atoms. The largest absolute Gasteiger partial charge is 0.492 e. The summed E-state index contributed by atoms with van der Waals surface area (Å²) in [5, 5.41) is 8.78. The van der Waals surface area contributed by atoms with Gasteiger partial charge in [-0.3, -0.25) is 0 Å². The average Bonchev–Trinajstić information content (AvgIpc) is 2.70. The number of hydrogen-bond donors (Lipinski definition) is 3. The van der Waals surface area contributed by atoms with E-state index in [0.717, 1.165) is 5.69 Å². The predicted octanol–water partition coefficient (Wildman–Crippen LogP) is 4.58. The molecular weight excluding hydrogens is 370 g/mol. The van der Waals surface area contributed by atoms with Crippen LogP contribution in [0.4, 0.5) is 27.7 Å². The number of carbonyl (C=O) groups excluding carboxylic acids is 1. The number of methoxy groups -OCH3 is 1. The highest BCUT2D eigenvalue weighted by Gasteiger charge is 2.08. The summed E-state index contributed by atoms with van der Waals surface area (Å²) in [5.41, 5.74) is 2.08. The Bertz CT molecular complexity index is 976. The maximum Gasteiger partial charge on any atom is 0.323 e. The van der Waals surface area contributed by atoms with Crippen LogP contribution in [0.3, 0.4) is 0 Å². The number of aromatic nitrogens is 2. The Balaban J connectivity index is 1.62. The number of urea groups is 1. The van der Waals surface area contributed by atoms with Gasteiger partial charge in [-0.05, 0) is 50.2 Å². The third-order valence-electron chi connectivity index (χ3n) is 3.87. The Labute approximate surface area is 169 Å². The van der Waals surface area contributed by atoms with E-state index < -0.39 is 0 Å². The molecule has 0 aliphatic carbocycles. The molecule has 0 aliphatic heterocycles. The van der Waals surface area contributed by atoms with Gasteiger partial charge in [-0.2, -0.15) is 4.98 Å². The number of hydrogen-bond acceptors (Lipinski definition) is 6. The zero-order chi connectivity index (χ0) is 20.6. The van der Waals surface area contributed by atoms with Gasteiger partial charge in [0.15, 0.2) is 0 Å². The standard InChI is InChI=1S/C21H23N5O3/c1-4-29-18-8-6-5-7-17(18)26-21(27)25-16-11-9-15(10-12-16)24-19-13-20(28-3)23-14(2)22-19/h5-13H,4H2,1-3H3,(H,22,23,24)(H2,25,26,27). The second-order valence-electron chi connectivity index (χ2n) is 6.05. The van der Waals surface area contributed by atoms with Gasteiger partial charge in [-0.25, -0.2) is 9.78 Å². The molecule has 1 aromatic heterocycles. The average molecular weight is 393 g/mol. The number of benzene rings is 2. The summed E-state index contributed by atoms with van der Waals surface area (Å²) in [6.45, 7) is 4.21. The van der Waals surface area contributed by atoms with Crippen molar-refractivity contribution in [2.45, 2.75) is 13.8 Å². The molecule has 0 unspecified atom stereocenters. The van der Waals surface area contributed by atoms with Crippen molar-refractivity contribution in [1.29, 1.82) is 0 Å². The zero-order valence-electron chi connectivity index (χ0n) is 16.5. The topological polar surface area (TPSA) is 97.4 Å². The van der Waals surface area contributed by atoms with Gasteiger partial charge >= 0.3 is 6.03 Å². The number of nitrogens with zero attached hydrogens (tertiary/aromatic N) is 2. The van der Waals surface area contributed by atoms with E-state index in [9.17, 15) is 4.79 Å². The minimum absolute atomic E-state index is 0.353. The van der Waals surface area contributed by atoms with E-state index in [-0.39, 0.29) is 6.03 Å². The van der Waals surface area contributed by atoms with E-state index in [1.807, 2.05) is 37.3 Å². The lowest BCUT2D eigenvalue weighted by Crippen LogP contribution is -2.19. The first-order valence-corrected chi connectivity index (χ1v) is 9.14. The van der Waals surface area contributed by atoms with Gasteiger partial charge in [0.2, 0.25) is 5.88 Å². The zero-order valence-corrected chi connectivity index (χ0v) is 16.5. The first-order chi connectivity index (χ1) is 14.1. The molecule has 3 rings (SSSR count). The molecule has 0 saturated carbocycles. The van der Waals surface area contributed by atoms with Crippen LogP contribution in [0, 0.1) is 6.92 Å². The number of rotatable bonds is 7. The minimum atomic E-state index is -0.353. The maximum atomic E-state index is 12.3. The summed E-state index contributed by atoms with van der Waals surface area (Å²) < 4.78 is 10.7. The van der Waals surface area contributed by atoms with E-state index in [4.69, 9.17) is 9.47 Å². The van der Waals surface area contributed by atoms with Gasteiger partial charge in [-0.1, -0.05) is 12.1 Å². The molecule has 8 nitrogen and oxygen atoms in total. The fraction of sp³-hybridized carbons (Fsp3) is 0.190. The number of ether oxygens (including phenoxy) is 2. The molecule has 0 spiro atoms. The molecular formula is C21H23N5O3. The van der Waals surface area contributed by atoms with Crippen molar-refractivity contribution in [1.82, 2.24) is 9.97 Å². The summed E-state index contributed by atoms with van der Waals surface area (Å²) in [6, 6.07) is 15.9. The lowest BCUT2D eigenvalue weighted by atomic mass is 10.2. The van der Waals surface area contributed by atoms with Crippen molar-refractivity contribution in [2.24, 2.45) is 0 Å². The molecule has 1 heterocycles. The van der Waals surface area contributed by atoms with Crippen LogP contribution >= 0.6 is 0 Å². The first kappa shape index (κ1) is 19.9. The van der Waals surface area contributed by atoms with Crippen LogP contribution in [0.15, 0.2) is 54.6 Å². The molecule has 2 aromatic carbocycles. The molecule has 0 aliphatic rings. The van der Waals surface area contributed by atoms with Gasteiger partial charge in [-0.15, -0.1) is 0 Å². The maximum absolute atomic E-state index is 12.3. The monoisotopic (exact) mass is 393 g/mol. The van der Waals surface area contributed by atoms with Crippen LogP contribution in [-0.2, 0) is 0 Å². The summed E-state index contributed by atoms with van der Waals surface area (Å²) in [4.78, 5) is 20.8. The van der Waals surface area contributed by atoms with Gasteiger partial charge < -0.3 is 25.4 Å². The summed E-state index contributed by atoms with van der Waals surface area (Å²) in [6.07, 6.45) is 0. The second-order valence-corrected chi connectivity index (χ2v) is 6.05. The van der Waals surface area contributed by atoms with Crippen LogP contribution in [0.2, 0.25) is 0 Å². The fourth-order valence-electron chi connectivity index (χ4n) is 2.63. The molecule has 29 heavy (non-hydrogen) atoms. The lowest BCUT2D eigenvalue weighted by Gasteiger charge is -2.12. The molecule has 0 fully saturated rings. The molecule has 0 atom stereocenters.